The highest BCUT2D eigenvalue weighted by molar-refractivity contribution is 6.01. The maximum Gasteiger partial charge on any atom is 0.471 e. The third-order valence-corrected chi connectivity index (χ3v) is 4.68. The summed E-state index contributed by atoms with van der Waals surface area (Å²) in [5, 5.41) is 0. The number of nitrogens with zero attached hydrogens (tertiary/aromatic N) is 2. The first-order valence-corrected chi connectivity index (χ1v) is 9.09. The molecule has 1 atom stereocenters. The zero-order valence-electron chi connectivity index (χ0n) is 15.8. The Bertz CT molecular complexity index is 691. The van der Waals surface area contributed by atoms with Gasteiger partial charge in [-0.3, -0.25) is 4.79 Å². The van der Waals surface area contributed by atoms with Crippen LogP contribution >= 0.6 is 0 Å². The number of ether oxygens (including phenoxy) is 1. The molecule has 1 fully saturated rings. The van der Waals surface area contributed by atoms with Gasteiger partial charge in [0.25, 0.3) is 0 Å². The molecular weight excluding hydrogens is 361 g/mol. The Morgan fingerprint density at radius 2 is 2.00 bits per heavy atom. The number of hydrogen-bond donors (Lipinski definition) is 0. The number of piperidine rings is 1. The van der Waals surface area contributed by atoms with Crippen LogP contribution in [0.25, 0.3) is 0 Å². The largest absolute Gasteiger partial charge is 0.471 e. The van der Waals surface area contributed by atoms with Gasteiger partial charge in [-0.2, -0.15) is 13.2 Å². The first-order chi connectivity index (χ1) is 12.7. The van der Waals surface area contributed by atoms with Crippen LogP contribution in [0, 0.1) is 0 Å². The molecule has 0 saturated carbocycles. The second kappa shape index (κ2) is 8.63. The molecule has 1 unspecified atom stereocenters. The number of benzene rings is 1. The van der Waals surface area contributed by atoms with E-state index < -0.39 is 18.1 Å². The van der Waals surface area contributed by atoms with Gasteiger partial charge < -0.3 is 14.5 Å². The number of alkyl halides is 3. The van der Waals surface area contributed by atoms with E-state index in [0.717, 1.165) is 32.9 Å². The van der Waals surface area contributed by atoms with Crippen LogP contribution in [-0.2, 0) is 9.53 Å². The molecule has 0 bridgehead atoms. The molecule has 150 valence electrons. The molecule has 1 aromatic carbocycles. The van der Waals surface area contributed by atoms with Gasteiger partial charge in [-0.25, -0.2) is 4.79 Å². The van der Waals surface area contributed by atoms with Crippen molar-refractivity contribution in [3.8, 4) is 0 Å². The van der Waals surface area contributed by atoms with Crippen LogP contribution in [0.1, 0.15) is 49.9 Å². The summed E-state index contributed by atoms with van der Waals surface area (Å²) < 4.78 is 43.4. The monoisotopic (exact) mass is 386 g/mol. The number of amides is 1. The van der Waals surface area contributed by atoms with Crippen molar-refractivity contribution >= 4 is 23.3 Å². The molecule has 1 saturated heterocycles. The quantitative estimate of drug-likeness (QED) is 0.713. The Labute approximate surface area is 157 Å². The minimum absolute atomic E-state index is 0.00538. The molecule has 0 radical (unpaired) electrons. The van der Waals surface area contributed by atoms with Crippen molar-refractivity contribution in [3.63, 3.8) is 0 Å². The highest BCUT2D eigenvalue weighted by atomic mass is 19.4. The average Bonchev–Trinajstić information content (AvgIpc) is 2.64. The molecule has 1 aliphatic heterocycles. The Morgan fingerprint density at radius 1 is 1.30 bits per heavy atom. The van der Waals surface area contributed by atoms with Crippen LogP contribution in [0.15, 0.2) is 18.2 Å². The molecular formula is C19H25F3N2O3. The smallest absolute Gasteiger partial charge is 0.462 e. The van der Waals surface area contributed by atoms with E-state index in [0.29, 0.717) is 17.0 Å². The fourth-order valence-electron chi connectivity index (χ4n) is 3.18. The van der Waals surface area contributed by atoms with E-state index in [1.165, 1.54) is 12.1 Å². The molecule has 27 heavy (non-hydrogen) atoms. The SMILES string of the molecule is CCCOC(=O)c1cc(N(C)C(=O)C(F)(F)F)ccc1N1CCCCC1C. The molecule has 0 N–H and O–H groups in total. The maximum absolute atomic E-state index is 12.7. The van der Waals surface area contributed by atoms with Gasteiger partial charge in [0, 0.05) is 25.3 Å². The van der Waals surface area contributed by atoms with Crippen LogP contribution in [0.2, 0.25) is 0 Å². The molecule has 8 heteroatoms. The average molecular weight is 386 g/mol. The zero-order chi connectivity index (χ0) is 20.2. The number of carbonyl (C=O) groups excluding carboxylic acids is 2. The summed E-state index contributed by atoms with van der Waals surface area (Å²) in [5.41, 5.74) is 0.797. The summed E-state index contributed by atoms with van der Waals surface area (Å²) >= 11 is 0. The van der Waals surface area contributed by atoms with Gasteiger partial charge in [0.15, 0.2) is 0 Å². The van der Waals surface area contributed by atoms with E-state index in [-0.39, 0.29) is 23.9 Å². The lowest BCUT2D eigenvalue weighted by Crippen LogP contribution is -2.39. The van der Waals surface area contributed by atoms with Gasteiger partial charge in [-0.05, 0) is 50.8 Å². The highest BCUT2D eigenvalue weighted by Crippen LogP contribution is 2.32. The summed E-state index contributed by atoms with van der Waals surface area (Å²) in [5.74, 6) is -2.59. The minimum atomic E-state index is -4.99. The first-order valence-electron chi connectivity index (χ1n) is 9.09. The van der Waals surface area contributed by atoms with Gasteiger partial charge in [0.1, 0.15) is 0 Å². The summed E-state index contributed by atoms with van der Waals surface area (Å²) in [6.07, 6.45) is -1.32. The second-order valence-electron chi connectivity index (χ2n) is 6.74. The third-order valence-electron chi connectivity index (χ3n) is 4.68. The Hall–Kier alpha value is -2.25. The number of rotatable bonds is 5. The van der Waals surface area contributed by atoms with Crippen molar-refractivity contribution in [3.05, 3.63) is 23.8 Å². The lowest BCUT2D eigenvalue weighted by molar-refractivity contribution is -0.170. The van der Waals surface area contributed by atoms with E-state index in [2.05, 4.69) is 4.90 Å². The van der Waals surface area contributed by atoms with Crippen molar-refractivity contribution in [2.45, 2.75) is 51.7 Å². The molecule has 1 heterocycles. The molecule has 0 aliphatic carbocycles. The number of anilines is 2. The molecule has 1 amide bonds. The van der Waals surface area contributed by atoms with E-state index in [1.54, 1.807) is 6.07 Å². The lowest BCUT2D eigenvalue weighted by Gasteiger charge is -2.36. The van der Waals surface area contributed by atoms with Gasteiger partial charge >= 0.3 is 18.1 Å². The second-order valence-corrected chi connectivity index (χ2v) is 6.74. The fraction of sp³-hybridized carbons (Fsp3) is 0.579. The number of carbonyl (C=O) groups is 2. The molecule has 1 aliphatic rings. The van der Waals surface area contributed by atoms with Crippen LogP contribution in [-0.4, -0.2) is 44.3 Å². The summed E-state index contributed by atoms with van der Waals surface area (Å²) in [4.78, 5) is 26.6. The van der Waals surface area contributed by atoms with Gasteiger partial charge in [0.05, 0.1) is 17.9 Å². The number of halogens is 3. The topological polar surface area (TPSA) is 49.9 Å². The van der Waals surface area contributed by atoms with E-state index >= 15 is 0 Å². The Kier molecular flexibility index (Phi) is 6.73. The van der Waals surface area contributed by atoms with E-state index in [1.807, 2.05) is 13.8 Å². The van der Waals surface area contributed by atoms with Crippen molar-refractivity contribution in [2.75, 3.05) is 30.0 Å². The van der Waals surface area contributed by atoms with Gasteiger partial charge in [-0.15, -0.1) is 0 Å². The third kappa shape index (κ3) is 4.93. The molecule has 1 aromatic rings. The van der Waals surface area contributed by atoms with Crippen molar-refractivity contribution in [1.82, 2.24) is 0 Å². The van der Waals surface area contributed by atoms with Crippen LogP contribution in [0.4, 0.5) is 24.5 Å². The summed E-state index contributed by atoms with van der Waals surface area (Å²) in [6, 6.07) is 4.53. The Morgan fingerprint density at radius 3 is 2.59 bits per heavy atom. The van der Waals surface area contributed by atoms with Crippen molar-refractivity contribution < 1.29 is 27.5 Å². The van der Waals surface area contributed by atoms with Crippen LogP contribution in [0.5, 0.6) is 0 Å². The lowest BCUT2D eigenvalue weighted by atomic mass is 10.0. The minimum Gasteiger partial charge on any atom is -0.462 e. The summed E-state index contributed by atoms with van der Waals surface area (Å²) in [7, 11) is 1.04. The number of esters is 1. The highest BCUT2D eigenvalue weighted by Gasteiger charge is 2.42. The van der Waals surface area contributed by atoms with Crippen LogP contribution < -0.4 is 9.80 Å². The van der Waals surface area contributed by atoms with Gasteiger partial charge in [0.2, 0.25) is 0 Å². The van der Waals surface area contributed by atoms with E-state index in [4.69, 9.17) is 4.74 Å². The Balaban J connectivity index is 2.42. The maximum atomic E-state index is 12.7. The predicted molar refractivity (Wildman–Crippen MR) is 97.1 cm³/mol. The van der Waals surface area contributed by atoms with E-state index in [9.17, 15) is 22.8 Å². The molecule has 0 spiro atoms. The summed E-state index contributed by atoms with van der Waals surface area (Å²) in [6.45, 7) is 4.88. The fourth-order valence-corrected chi connectivity index (χ4v) is 3.18. The molecule has 0 aromatic heterocycles. The van der Waals surface area contributed by atoms with Crippen molar-refractivity contribution in [2.24, 2.45) is 0 Å². The van der Waals surface area contributed by atoms with Crippen LogP contribution in [0.3, 0.4) is 0 Å². The molecule has 2 rings (SSSR count). The predicted octanol–water partition coefficient (Wildman–Crippen LogP) is 4.16. The van der Waals surface area contributed by atoms with Gasteiger partial charge in [-0.1, -0.05) is 6.92 Å². The zero-order valence-corrected chi connectivity index (χ0v) is 15.8. The standard InChI is InChI=1S/C19H25F3N2O3/c1-4-11-27-17(25)15-12-14(23(3)18(26)19(20,21)22)8-9-16(15)24-10-6-5-7-13(24)2/h8-9,12-13H,4-7,10-11H2,1-3H3. The molecule has 5 nitrogen and oxygen atoms in total. The van der Waals surface area contributed by atoms with Crippen molar-refractivity contribution in [1.29, 1.82) is 0 Å². The first kappa shape index (κ1) is 21.1. The number of hydrogen-bond acceptors (Lipinski definition) is 4. The normalized spacial score (nSPS) is 17.6.